The summed E-state index contributed by atoms with van der Waals surface area (Å²) >= 11 is 0. The van der Waals surface area contributed by atoms with Crippen LogP contribution in [-0.4, -0.2) is 21.7 Å². The van der Waals surface area contributed by atoms with E-state index < -0.39 is 0 Å². The van der Waals surface area contributed by atoms with E-state index in [0.29, 0.717) is 28.9 Å². The molecule has 0 amide bonds. The fraction of sp³-hybridized carbons (Fsp3) is 0.0256. The minimum Gasteiger partial charge on any atom is -0.438 e. The molecule has 5 heteroatoms. The summed E-state index contributed by atoms with van der Waals surface area (Å²) in [5, 5.41) is 7.88. The van der Waals surface area contributed by atoms with Gasteiger partial charge in [-0.2, -0.15) is 0 Å². The summed E-state index contributed by atoms with van der Waals surface area (Å²) in [7, 11) is 0. The summed E-state index contributed by atoms with van der Waals surface area (Å²) in [4.78, 5) is 19.5. The molecular weight excluding hydrogens is 540 g/mol. The lowest BCUT2D eigenvalue weighted by molar-refractivity contribution is 0.626. The number of allylic oxidation sites excluding steroid dienone is 1. The van der Waals surface area contributed by atoms with Gasteiger partial charge in [0.15, 0.2) is 17.5 Å². The molecule has 0 saturated carbocycles. The van der Waals surface area contributed by atoms with Gasteiger partial charge in [0, 0.05) is 27.6 Å². The first-order valence-corrected chi connectivity index (χ1v) is 14.5. The number of rotatable bonds is 5. The molecule has 0 aliphatic heterocycles. The lowest BCUT2D eigenvalue weighted by Crippen LogP contribution is -2.01. The Balaban J connectivity index is 1.48. The van der Waals surface area contributed by atoms with Gasteiger partial charge in [-0.1, -0.05) is 115 Å². The van der Waals surface area contributed by atoms with Crippen molar-refractivity contribution in [1.29, 1.82) is 0 Å². The van der Waals surface area contributed by atoms with Gasteiger partial charge in [0.05, 0.1) is 0 Å². The predicted molar refractivity (Wildman–Crippen MR) is 182 cm³/mol. The second kappa shape index (κ2) is 10.4. The highest BCUT2D eigenvalue weighted by Crippen LogP contribution is 2.41. The number of nitrogens with zero attached hydrogens (tertiary/aromatic N) is 4. The molecule has 0 atom stereocenters. The van der Waals surface area contributed by atoms with E-state index in [1.54, 1.807) is 0 Å². The van der Waals surface area contributed by atoms with Crippen molar-refractivity contribution >= 4 is 62.0 Å². The third-order valence-electron chi connectivity index (χ3n) is 8.11. The Morgan fingerprint density at radius 2 is 1.30 bits per heavy atom. The molecule has 2 aromatic heterocycles. The molecule has 0 bridgehead atoms. The maximum absolute atomic E-state index is 6.09. The van der Waals surface area contributed by atoms with Crippen LogP contribution in [0.5, 0.6) is 0 Å². The zero-order valence-corrected chi connectivity index (χ0v) is 24.0. The average Bonchev–Trinajstić information content (AvgIpc) is 3.45. The molecule has 0 radical (unpaired) electrons. The van der Waals surface area contributed by atoms with E-state index in [1.165, 1.54) is 21.5 Å². The largest absolute Gasteiger partial charge is 0.438 e. The van der Waals surface area contributed by atoms with Gasteiger partial charge in [0.25, 0.3) is 0 Å². The van der Waals surface area contributed by atoms with E-state index in [-0.39, 0.29) is 0 Å². The Morgan fingerprint density at radius 1 is 0.614 bits per heavy atom. The third-order valence-corrected chi connectivity index (χ3v) is 8.11. The first-order valence-electron chi connectivity index (χ1n) is 14.5. The third kappa shape index (κ3) is 4.09. The van der Waals surface area contributed by atoms with Crippen LogP contribution >= 0.6 is 0 Å². The van der Waals surface area contributed by atoms with Crippen LogP contribution in [0, 0.1) is 0 Å². The smallest absolute Gasteiger partial charge is 0.226 e. The number of aliphatic imine (C=N–C) groups is 1. The molecule has 8 rings (SSSR count). The van der Waals surface area contributed by atoms with Crippen molar-refractivity contribution in [2.45, 2.75) is 6.92 Å². The van der Waals surface area contributed by atoms with Crippen LogP contribution in [0.25, 0.3) is 83.5 Å². The van der Waals surface area contributed by atoms with Gasteiger partial charge in [-0.3, -0.25) is 0 Å². The summed E-state index contributed by atoms with van der Waals surface area (Å²) in [5.41, 5.74) is 4.25. The molecular formula is C39H26N4O. The van der Waals surface area contributed by atoms with E-state index in [1.807, 2.05) is 67.6 Å². The van der Waals surface area contributed by atoms with Crippen LogP contribution in [0.15, 0.2) is 131 Å². The molecule has 2 heterocycles. The Morgan fingerprint density at radius 3 is 2.07 bits per heavy atom. The summed E-state index contributed by atoms with van der Waals surface area (Å²) in [5.74, 6) is 2.23. The van der Waals surface area contributed by atoms with Gasteiger partial charge >= 0.3 is 0 Å². The van der Waals surface area contributed by atoms with Crippen molar-refractivity contribution in [3.8, 4) is 34.2 Å². The molecule has 208 valence electrons. The van der Waals surface area contributed by atoms with Gasteiger partial charge in [-0.05, 0) is 58.1 Å². The van der Waals surface area contributed by atoms with Crippen molar-refractivity contribution < 1.29 is 4.42 Å². The van der Waals surface area contributed by atoms with Gasteiger partial charge in [-0.15, -0.1) is 0 Å². The molecule has 0 unspecified atom stereocenters. The Kier molecular flexibility index (Phi) is 6.09. The van der Waals surface area contributed by atoms with E-state index >= 15 is 0 Å². The molecule has 0 saturated heterocycles. The highest BCUT2D eigenvalue weighted by atomic mass is 16.3. The summed E-state index contributed by atoms with van der Waals surface area (Å²) in [6.45, 7) is 5.71. The Hall–Kier alpha value is -5.94. The van der Waals surface area contributed by atoms with E-state index in [0.717, 1.165) is 38.4 Å². The molecule has 0 aliphatic rings. The standard InChI is InChI=1S/C39H26N4O/c1-3-12-31-35-30(19-11-20-33(35)44-39(31)40-2)37-41-36(25-14-5-4-6-15-25)42-38(43-37)32-23-26-16-8-10-18-28(26)34-27-17-9-7-13-24(27)21-22-29(32)34/h3-23H,2H2,1H3/b12-3-. The first-order chi connectivity index (χ1) is 21.7. The molecule has 0 fully saturated rings. The van der Waals surface area contributed by atoms with Crippen LogP contribution in [0.1, 0.15) is 12.5 Å². The maximum atomic E-state index is 6.09. The fourth-order valence-electron chi connectivity index (χ4n) is 6.17. The lowest BCUT2D eigenvalue weighted by Gasteiger charge is -2.14. The van der Waals surface area contributed by atoms with E-state index in [9.17, 15) is 0 Å². The molecule has 6 aromatic carbocycles. The molecule has 0 spiro atoms. The highest BCUT2D eigenvalue weighted by Gasteiger charge is 2.21. The minimum atomic E-state index is 0.468. The lowest BCUT2D eigenvalue weighted by atomic mass is 9.92. The van der Waals surface area contributed by atoms with Crippen LogP contribution in [-0.2, 0) is 0 Å². The van der Waals surface area contributed by atoms with Crippen molar-refractivity contribution in [1.82, 2.24) is 15.0 Å². The SMILES string of the molecule is C=Nc1oc2cccc(-c3nc(-c4ccccc4)nc(-c4cc5ccccc5c5c4ccc4ccccc45)n3)c2c1/C=C\C. The summed E-state index contributed by atoms with van der Waals surface area (Å²) in [6, 6.07) is 39.6. The van der Waals surface area contributed by atoms with Crippen LogP contribution in [0.4, 0.5) is 5.88 Å². The molecule has 0 N–H and O–H groups in total. The number of fused-ring (bicyclic) bond motifs is 6. The quantitative estimate of drug-likeness (QED) is 0.154. The highest BCUT2D eigenvalue weighted by molar-refractivity contribution is 6.23. The van der Waals surface area contributed by atoms with Gasteiger partial charge in [0.1, 0.15) is 5.58 Å². The second-order valence-corrected chi connectivity index (χ2v) is 10.7. The van der Waals surface area contributed by atoms with E-state index in [4.69, 9.17) is 19.4 Å². The molecule has 44 heavy (non-hydrogen) atoms. The van der Waals surface area contributed by atoms with Crippen LogP contribution in [0.2, 0.25) is 0 Å². The van der Waals surface area contributed by atoms with Crippen LogP contribution in [0.3, 0.4) is 0 Å². The minimum absolute atomic E-state index is 0.468. The molecule has 5 nitrogen and oxygen atoms in total. The predicted octanol–water partition coefficient (Wildman–Crippen LogP) is 10.4. The monoisotopic (exact) mass is 566 g/mol. The zero-order valence-electron chi connectivity index (χ0n) is 24.0. The van der Waals surface area contributed by atoms with Crippen molar-refractivity contribution in [2.75, 3.05) is 0 Å². The Labute approximate surface area is 253 Å². The molecule has 0 aliphatic carbocycles. The summed E-state index contributed by atoms with van der Waals surface area (Å²) < 4.78 is 6.09. The first kappa shape index (κ1) is 25.7. The molecule has 8 aromatic rings. The van der Waals surface area contributed by atoms with Crippen LogP contribution < -0.4 is 0 Å². The average molecular weight is 567 g/mol. The van der Waals surface area contributed by atoms with Crippen molar-refractivity contribution in [3.63, 3.8) is 0 Å². The van der Waals surface area contributed by atoms with Gasteiger partial charge in [0.2, 0.25) is 5.88 Å². The maximum Gasteiger partial charge on any atom is 0.226 e. The van der Waals surface area contributed by atoms with Gasteiger partial charge in [-0.25, -0.2) is 19.9 Å². The van der Waals surface area contributed by atoms with Crippen molar-refractivity contribution in [3.05, 3.63) is 127 Å². The zero-order chi connectivity index (χ0) is 29.6. The van der Waals surface area contributed by atoms with Crippen molar-refractivity contribution in [2.24, 2.45) is 4.99 Å². The number of hydrogen-bond donors (Lipinski definition) is 0. The normalized spacial score (nSPS) is 11.8. The number of benzene rings is 6. The Bertz CT molecular complexity index is 2410. The second-order valence-electron chi connectivity index (χ2n) is 10.7. The number of aromatic nitrogens is 3. The number of hydrogen-bond acceptors (Lipinski definition) is 5. The topological polar surface area (TPSA) is 64.2 Å². The van der Waals surface area contributed by atoms with Gasteiger partial charge < -0.3 is 4.42 Å². The number of furan rings is 1. The fourth-order valence-corrected chi connectivity index (χ4v) is 6.17. The summed E-state index contributed by atoms with van der Waals surface area (Å²) in [6.07, 6.45) is 3.96. The van der Waals surface area contributed by atoms with E-state index in [2.05, 4.69) is 78.4 Å².